The molecule has 5 aromatic rings. The first-order valence-corrected chi connectivity index (χ1v) is 13.3. The molecule has 0 saturated carbocycles. The number of rotatable bonds is 5. The van der Waals surface area contributed by atoms with Gasteiger partial charge in [0.25, 0.3) is 0 Å². The summed E-state index contributed by atoms with van der Waals surface area (Å²) in [7, 11) is 2.08. The zero-order valence-electron chi connectivity index (χ0n) is 20.1. The van der Waals surface area contributed by atoms with Gasteiger partial charge in [-0.25, -0.2) is 4.39 Å². The Bertz CT molecular complexity index is 1650. The molecule has 1 unspecified atom stereocenters. The van der Waals surface area contributed by atoms with Crippen molar-refractivity contribution in [3.05, 3.63) is 89.5 Å². The molecule has 1 fully saturated rings. The molecule has 6 rings (SSSR count). The topological polar surface area (TPSA) is 53.4 Å². The summed E-state index contributed by atoms with van der Waals surface area (Å²) in [5.74, 6) is 0.676. The third-order valence-electron chi connectivity index (χ3n) is 6.96. The van der Waals surface area contributed by atoms with Crippen molar-refractivity contribution in [3.63, 3.8) is 0 Å². The third-order valence-corrected chi connectivity index (χ3v) is 8.24. The maximum absolute atomic E-state index is 13.5. The zero-order valence-corrected chi connectivity index (χ0v) is 20.9. The van der Waals surface area contributed by atoms with Crippen LogP contribution < -0.4 is 5.36 Å². The molecule has 0 radical (unpaired) electrons. The fourth-order valence-electron chi connectivity index (χ4n) is 5.20. The van der Waals surface area contributed by atoms with Crippen LogP contribution in [0.4, 0.5) is 4.39 Å². The number of fused-ring (bicyclic) bond motifs is 4. The number of para-hydroxylation sites is 2. The van der Waals surface area contributed by atoms with Gasteiger partial charge in [0.2, 0.25) is 5.91 Å². The standard InChI is InChI=1S/C29H27FN4OS/c1-33-24-10-5-3-8-22(24)27(26-21-7-2-4-9-23(21)32-28(26)33)31-16-6-17-34-25(35)15-18-36-29(34)19-11-13-20(30)14-12-19/h2-5,7-14,29,32H,6,15-18H2,1H3. The van der Waals surface area contributed by atoms with E-state index in [4.69, 9.17) is 4.99 Å². The van der Waals surface area contributed by atoms with E-state index in [9.17, 15) is 9.18 Å². The van der Waals surface area contributed by atoms with Gasteiger partial charge in [0.05, 0.1) is 16.3 Å². The third kappa shape index (κ3) is 3.97. The van der Waals surface area contributed by atoms with Crippen LogP contribution in [0, 0.1) is 5.82 Å². The van der Waals surface area contributed by atoms with Crippen LogP contribution in [0.2, 0.25) is 0 Å². The number of hydrogen-bond donors (Lipinski definition) is 1. The SMILES string of the molecule is Cn1c2ccccc2c(=NCCCN2C(=O)CCSC2c2ccc(F)cc2)c2c3ccccc3[nH]c21. The maximum atomic E-state index is 13.5. The van der Waals surface area contributed by atoms with Gasteiger partial charge in [0.15, 0.2) is 0 Å². The molecule has 1 aliphatic heterocycles. The number of carbonyl (C=O) groups excluding carboxylic acids is 1. The molecule has 7 heteroatoms. The number of nitrogens with zero attached hydrogens (tertiary/aromatic N) is 3. The van der Waals surface area contributed by atoms with E-state index >= 15 is 0 Å². The molecule has 0 bridgehead atoms. The van der Waals surface area contributed by atoms with Gasteiger partial charge in [-0.1, -0.05) is 48.5 Å². The molecule has 2 aromatic heterocycles. The summed E-state index contributed by atoms with van der Waals surface area (Å²) in [6, 6.07) is 23.2. The summed E-state index contributed by atoms with van der Waals surface area (Å²) >= 11 is 1.74. The molecule has 1 aliphatic rings. The van der Waals surface area contributed by atoms with Crippen LogP contribution in [0.1, 0.15) is 23.8 Å². The fourth-order valence-corrected chi connectivity index (χ4v) is 6.47. The van der Waals surface area contributed by atoms with Gasteiger partial charge in [-0.05, 0) is 36.2 Å². The van der Waals surface area contributed by atoms with Crippen molar-refractivity contribution in [1.82, 2.24) is 14.5 Å². The minimum Gasteiger partial charge on any atom is -0.341 e. The Morgan fingerprint density at radius 3 is 2.61 bits per heavy atom. The summed E-state index contributed by atoms with van der Waals surface area (Å²) in [6.07, 6.45) is 1.29. The Morgan fingerprint density at radius 1 is 1.03 bits per heavy atom. The molecule has 1 N–H and O–H groups in total. The lowest BCUT2D eigenvalue weighted by Crippen LogP contribution is -2.38. The number of pyridine rings is 1. The molecule has 36 heavy (non-hydrogen) atoms. The predicted octanol–water partition coefficient (Wildman–Crippen LogP) is 5.91. The highest BCUT2D eigenvalue weighted by molar-refractivity contribution is 7.99. The smallest absolute Gasteiger partial charge is 0.224 e. The van der Waals surface area contributed by atoms with E-state index in [0.29, 0.717) is 19.5 Å². The first kappa shape index (κ1) is 22.9. The number of H-pyrrole nitrogens is 1. The molecule has 3 heterocycles. The molecule has 1 atom stereocenters. The molecule has 5 nitrogen and oxygen atoms in total. The Morgan fingerprint density at radius 2 is 1.78 bits per heavy atom. The minimum absolute atomic E-state index is 0.0798. The summed E-state index contributed by atoms with van der Waals surface area (Å²) in [5, 5.41) is 4.31. The number of thioether (sulfide) groups is 1. The number of carbonyl (C=O) groups is 1. The predicted molar refractivity (Wildman–Crippen MR) is 145 cm³/mol. The van der Waals surface area contributed by atoms with Gasteiger partial charge in [0, 0.05) is 48.6 Å². The van der Waals surface area contributed by atoms with Crippen molar-refractivity contribution in [2.45, 2.75) is 18.2 Å². The zero-order chi connectivity index (χ0) is 24.6. The van der Waals surface area contributed by atoms with Gasteiger partial charge in [-0.15, -0.1) is 11.8 Å². The van der Waals surface area contributed by atoms with Crippen molar-refractivity contribution in [3.8, 4) is 0 Å². The van der Waals surface area contributed by atoms with E-state index in [-0.39, 0.29) is 17.1 Å². The Kier molecular flexibility index (Phi) is 6.01. The highest BCUT2D eigenvalue weighted by Crippen LogP contribution is 2.37. The Hall–Kier alpha value is -3.58. The monoisotopic (exact) mass is 498 g/mol. The van der Waals surface area contributed by atoms with E-state index in [0.717, 1.165) is 55.9 Å². The summed E-state index contributed by atoms with van der Waals surface area (Å²) < 4.78 is 15.7. The van der Waals surface area contributed by atoms with Crippen molar-refractivity contribution >= 4 is 50.5 Å². The lowest BCUT2D eigenvalue weighted by molar-refractivity contribution is -0.132. The van der Waals surface area contributed by atoms with Crippen molar-refractivity contribution in [2.24, 2.45) is 12.0 Å². The molecule has 1 saturated heterocycles. The number of benzene rings is 3. The molecule has 0 spiro atoms. The van der Waals surface area contributed by atoms with Crippen molar-refractivity contribution < 1.29 is 9.18 Å². The molecule has 182 valence electrons. The normalized spacial score (nSPS) is 17.1. The summed E-state index contributed by atoms with van der Waals surface area (Å²) in [6.45, 7) is 1.23. The first-order valence-electron chi connectivity index (χ1n) is 12.3. The lowest BCUT2D eigenvalue weighted by Gasteiger charge is -2.35. The number of nitrogens with one attached hydrogen (secondary N) is 1. The van der Waals surface area contributed by atoms with Gasteiger partial charge in [-0.2, -0.15) is 0 Å². The molecular weight excluding hydrogens is 471 g/mol. The average Bonchev–Trinajstić information content (AvgIpc) is 3.29. The van der Waals surface area contributed by atoms with Crippen molar-refractivity contribution in [1.29, 1.82) is 0 Å². The van der Waals surface area contributed by atoms with Crippen LogP contribution in [-0.4, -0.2) is 39.2 Å². The van der Waals surface area contributed by atoms with E-state index in [1.165, 1.54) is 12.1 Å². The summed E-state index contributed by atoms with van der Waals surface area (Å²) in [5.41, 5.74) is 4.23. The second-order valence-corrected chi connectivity index (χ2v) is 10.4. The molecule has 0 aliphatic carbocycles. The molecular formula is C29H27FN4OS. The Labute approximate surface area is 212 Å². The van der Waals surface area contributed by atoms with Crippen LogP contribution in [0.25, 0.3) is 32.8 Å². The quantitative estimate of drug-likeness (QED) is 0.307. The van der Waals surface area contributed by atoms with Crippen molar-refractivity contribution in [2.75, 3.05) is 18.8 Å². The Balaban J connectivity index is 1.34. The average molecular weight is 499 g/mol. The van der Waals surface area contributed by atoms with Gasteiger partial charge in [-0.3, -0.25) is 9.79 Å². The van der Waals surface area contributed by atoms with Crippen LogP contribution in [0.15, 0.2) is 77.8 Å². The van der Waals surface area contributed by atoms with E-state index in [1.807, 2.05) is 11.0 Å². The first-order chi connectivity index (χ1) is 17.6. The van der Waals surface area contributed by atoms with Gasteiger partial charge in [0.1, 0.15) is 16.8 Å². The largest absolute Gasteiger partial charge is 0.341 e. The van der Waals surface area contributed by atoms with Crippen LogP contribution in [0.5, 0.6) is 0 Å². The number of halogens is 1. The highest BCUT2D eigenvalue weighted by atomic mass is 32.2. The number of aromatic nitrogens is 2. The van der Waals surface area contributed by atoms with Crippen LogP contribution in [-0.2, 0) is 11.8 Å². The maximum Gasteiger partial charge on any atom is 0.224 e. The van der Waals surface area contributed by atoms with Crippen LogP contribution in [0.3, 0.4) is 0 Å². The van der Waals surface area contributed by atoms with Gasteiger partial charge < -0.3 is 14.5 Å². The number of aromatic amines is 1. The lowest BCUT2D eigenvalue weighted by atomic mass is 10.1. The van der Waals surface area contributed by atoms with E-state index < -0.39 is 0 Å². The highest BCUT2D eigenvalue weighted by Gasteiger charge is 2.29. The minimum atomic E-state index is -0.261. The second-order valence-electron chi connectivity index (χ2n) is 9.17. The number of amides is 1. The number of hydrogen-bond acceptors (Lipinski definition) is 3. The van der Waals surface area contributed by atoms with E-state index in [1.54, 1.807) is 23.9 Å². The van der Waals surface area contributed by atoms with Crippen LogP contribution >= 0.6 is 11.8 Å². The molecule has 3 aromatic carbocycles. The second kappa shape index (κ2) is 9.47. The molecule has 1 amide bonds. The van der Waals surface area contributed by atoms with Gasteiger partial charge >= 0.3 is 0 Å². The summed E-state index contributed by atoms with van der Waals surface area (Å²) in [4.78, 5) is 23.4. The number of aryl methyl sites for hydroxylation is 1. The fraction of sp³-hybridized carbons (Fsp3) is 0.241. The van der Waals surface area contributed by atoms with E-state index in [2.05, 4.69) is 59.1 Å².